The van der Waals surface area contributed by atoms with E-state index >= 15 is 0 Å². The monoisotopic (exact) mass is 366 g/mol. The summed E-state index contributed by atoms with van der Waals surface area (Å²) < 4.78 is 0. The van der Waals surface area contributed by atoms with Crippen LogP contribution >= 0.6 is 0 Å². The average Bonchev–Trinajstić information content (AvgIpc) is 2.66. The number of carboxylic acid groups (broad SMARTS) is 1. The molecule has 0 aliphatic carbocycles. The molecule has 6 nitrogen and oxygen atoms in total. The molecule has 6 heteroatoms. The van der Waals surface area contributed by atoms with Crippen molar-refractivity contribution in [2.24, 2.45) is 5.92 Å². The van der Waals surface area contributed by atoms with Crippen LogP contribution in [0, 0.1) is 5.92 Å². The van der Waals surface area contributed by atoms with Crippen molar-refractivity contribution in [2.75, 3.05) is 5.32 Å². The van der Waals surface area contributed by atoms with Gasteiger partial charge in [-0.2, -0.15) is 0 Å². The Kier molecular flexibility index (Phi) is 5.86. The van der Waals surface area contributed by atoms with Crippen molar-refractivity contribution in [3.8, 4) is 0 Å². The Labute approximate surface area is 157 Å². The van der Waals surface area contributed by atoms with Crippen LogP contribution in [0.3, 0.4) is 0 Å². The van der Waals surface area contributed by atoms with E-state index in [2.05, 4.69) is 10.6 Å². The van der Waals surface area contributed by atoms with Gasteiger partial charge in [-0.05, 0) is 30.0 Å². The molecule has 0 radical (unpaired) electrons. The van der Waals surface area contributed by atoms with Crippen LogP contribution in [0.5, 0.6) is 0 Å². The molecule has 2 aromatic carbocycles. The quantitative estimate of drug-likeness (QED) is 0.701. The number of rotatable bonds is 7. The summed E-state index contributed by atoms with van der Waals surface area (Å²) in [4.78, 5) is 35.9. The summed E-state index contributed by atoms with van der Waals surface area (Å²) in [5.41, 5.74) is 2.71. The van der Waals surface area contributed by atoms with Gasteiger partial charge in [0, 0.05) is 24.4 Å². The molecule has 3 N–H and O–H groups in total. The Morgan fingerprint density at radius 1 is 1.11 bits per heavy atom. The molecular weight excluding hydrogens is 344 g/mol. The summed E-state index contributed by atoms with van der Waals surface area (Å²) in [7, 11) is 0. The number of carbonyl (C=O) groups excluding carboxylic acids is 2. The van der Waals surface area contributed by atoms with Crippen LogP contribution in [0.1, 0.15) is 24.0 Å². The molecule has 0 saturated carbocycles. The minimum atomic E-state index is -1.07. The number of carbonyl (C=O) groups is 3. The Bertz CT molecular complexity index is 835. The molecule has 2 amide bonds. The topological polar surface area (TPSA) is 95.5 Å². The molecule has 1 aliphatic heterocycles. The fraction of sp³-hybridized carbons (Fsp3) is 0.286. The van der Waals surface area contributed by atoms with Crippen LogP contribution in [0.25, 0.3) is 0 Å². The first-order chi connectivity index (χ1) is 13.0. The molecule has 1 heterocycles. The summed E-state index contributed by atoms with van der Waals surface area (Å²) in [6, 6.07) is 15.8. The maximum absolute atomic E-state index is 12.2. The lowest BCUT2D eigenvalue weighted by Gasteiger charge is -2.24. The van der Waals surface area contributed by atoms with Gasteiger partial charge in [0.15, 0.2) is 0 Å². The van der Waals surface area contributed by atoms with Gasteiger partial charge in [0.05, 0.1) is 0 Å². The normalized spacial score (nSPS) is 16.7. The Hall–Kier alpha value is -3.15. The average molecular weight is 366 g/mol. The molecule has 2 aromatic rings. The molecule has 140 valence electrons. The number of aliphatic carboxylic acids is 1. The van der Waals surface area contributed by atoms with E-state index in [0.29, 0.717) is 12.8 Å². The standard InChI is InChI=1S/C21H22N2O4/c24-19(22-18(21(26)27)12-14-6-2-1-3-7-14)11-10-16-13-15-8-4-5-9-17(15)23-20(16)25/h1-9,16,18H,10-13H2,(H,22,24)(H,23,25)(H,26,27)/t16?,18-/m0/s1. The van der Waals surface area contributed by atoms with Crippen LogP contribution in [-0.2, 0) is 27.2 Å². The van der Waals surface area contributed by atoms with E-state index in [1.54, 1.807) is 0 Å². The van der Waals surface area contributed by atoms with Crippen LogP contribution in [-0.4, -0.2) is 28.9 Å². The van der Waals surface area contributed by atoms with E-state index in [0.717, 1.165) is 16.8 Å². The summed E-state index contributed by atoms with van der Waals surface area (Å²) in [5.74, 6) is -1.81. The molecule has 1 unspecified atom stereocenters. The van der Waals surface area contributed by atoms with E-state index in [4.69, 9.17) is 0 Å². The fourth-order valence-electron chi connectivity index (χ4n) is 3.27. The number of carboxylic acids is 1. The zero-order valence-corrected chi connectivity index (χ0v) is 14.9. The minimum Gasteiger partial charge on any atom is -0.480 e. The highest BCUT2D eigenvalue weighted by atomic mass is 16.4. The maximum atomic E-state index is 12.2. The summed E-state index contributed by atoms with van der Waals surface area (Å²) >= 11 is 0. The minimum absolute atomic E-state index is 0.0967. The van der Waals surface area contributed by atoms with Crippen LogP contribution in [0.2, 0.25) is 0 Å². The van der Waals surface area contributed by atoms with E-state index in [1.807, 2.05) is 54.6 Å². The number of para-hydroxylation sites is 1. The highest BCUT2D eigenvalue weighted by Crippen LogP contribution is 2.27. The second-order valence-corrected chi connectivity index (χ2v) is 6.73. The number of fused-ring (bicyclic) bond motifs is 1. The van der Waals surface area contributed by atoms with Gasteiger partial charge in [0.2, 0.25) is 11.8 Å². The lowest BCUT2D eigenvalue weighted by Crippen LogP contribution is -2.42. The van der Waals surface area contributed by atoms with Crippen molar-refractivity contribution >= 4 is 23.5 Å². The molecule has 0 bridgehead atoms. The van der Waals surface area contributed by atoms with Gasteiger partial charge in [-0.15, -0.1) is 0 Å². The number of nitrogens with one attached hydrogen (secondary N) is 2. The molecular formula is C21H22N2O4. The SMILES string of the molecule is O=C(CCC1Cc2ccccc2NC1=O)N[C@@H](Cc1ccccc1)C(=O)O. The van der Waals surface area contributed by atoms with Crippen LogP contribution in [0.15, 0.2) is 54.6 Å². The number of amides is 2. The molecule has 0 fully saturated rings. The lowest BCUT2D eigenvalue weighted by atomic mass is 9.89. The predicted molar refractivity (Wildman–Crippen MR) is 101 cm³/mol. The van der Waals surface area contributed by atoms with Gasteiger partial charge in [-0.25, -0.2) is 4.79 Å². The molecule has 0 saturated heterocycles. The highest BCUT2D eigenvalue weighted by molar-refractivity contribution is 5.96. The second-order valence-electron chi connectivity index (χ2n) is 6.73. The van der Waals surface area contributed by atoms with Gasteiger partial charge in [-0.3, -0.25) is 9.59 Å². The Morgan fingerprint density at radius 3 is 2.56 bits per heavy atom. The zero-order chi connectivity index (χ0) is 19.2. The first kappa shape index (κ1) is 18.6. The molecule has 3 rings (SSSR count). The van der Waals surface area contributed by atoms with E-state index in [9.17, 15) is 19.5 Å². The summed E-state index contributed by atoms with van der Waals surface area (Å²) in [6.45, 7) is 0. The highest BCUT2D eigenvalue weighted by Gasteiger charge is 2.27. The van der Waals surface area contributed by atoms with E-state index < -0.39 is 12.0 Å². The third kappa shape index (κ3) is 4.94. The molecule has 2 atom stereocenters. The van der Waals surface area contributed by atoms with Crippen molar-refractivity contribution < 1.29 is 19.5 Å². The zero-order valence-electron chi connectivity index (χ0n) is 14.9. The number of hydrogen-bond donors (Lipinski definition) is 3. The molecule has 1 aliphatic rings. The predicted octanol–water partition coefficient (Wildman–Crippen LogP) is 2.39. The van der Waals surface area contributed by atoms with Crippen LogP contribution in [0.4, 0.5) is 5.69 Å². The van der Waals surface area contributed by atoms with Crippen molar-refractivity contribution in [1.29, 1.82) is 0 Å². The molecule has 0 aromatic heterocycles. The smallest absolute Gasteiger partial charge is 0.326 e. The van der Waals surface area contributed by atoms with Crippen molar-refractivity contribution in [3.63, 3.8) is 0 Å². The van der Waals surface area contributed by atoms with Gasteiger partial charge in [-0.1, -0.05) is 48.5 Å². The third-order valence-corrected chi connectivity index (χ3v) is 4.75. The van der Waals surface area contributed by atoms with Crippen LogP contribution < -0.4 is 10.6 Å². The third-order valence-electron chi connectivity index (χ3n) is 4.75. The van der Waals surface area contributed by atoms with E-state index in [-0.39, 0.29) is 30.6 Å². The molecule has 0 spiro atoms. The number of benzene rings is 2. The maximum Gasteiger partial charge on any atom is 0.326 e. The number of hydrogen-bond acceptors (Lipinski definition) is 3. The Balaban J connectivity index is 1.54. The van der Waals surface area contributed by atoms with Gasteiger partial charge in [0.25, 0.3) is 0 Å². The van der Waals surface area contributed by atoms with Crippen molar-refractivity contribution in [2.45, 2.75) is 31.7 Å². The first-order valence-electron chi connectivity index (χ1n) is 8.98. The fourth-order valence-corrected chi connectivity index (χ4v) is 3.27. The van der Waals surface area contributed by atoms with E-state index in [1.165, 1.54) is 0 Å². The van der Waals surface area contributed by atoms with Gasteiger partial charge in [0.1, 0.15) is 6.04 Å². The molecule has 27 heavy (non-hydrogen) atoms. The largest absolute Gasteiger partial charge is 0.480 e. The Morgan fingerprint density at radius 2 is 1.81 bits per heavy atom. The number of anilines is 1. The van der Waals surface area contributed by atoms with Gasteiger partial charge < -0.3 is 15.7 Å². The summed E-state index contributed by atoms with van der Waals surface area (Å²) in [6.07, 6.45) is 1.30. The second kappa shape index (κ2) is 8.49. The first-order valence-corrected chi connectivity index (χ1v) is 8.98. The lowest BCUT2D eigenvalue weighted by molar-refractivity contribution is -0.141. The van der Waals surface area contributed by atoms with Crippen molar-refractivity contribution in [1.82, 2.24) is 5.32 Å². The summed E-state index contributed by atoms with van der Waals surface area (Å²) in [5, 5.41) is 14.8. The van der Waals surface area contributed by atoms with Crippen molar-refractivity contribution in [3.05, 3.63) is 65.7 Å². The van der Waals surface area contributed by atoms with Gasteiger partial charge >= 0.3 is 5.97 Å².